The summed E-state index contributed by atoms with van der Waals surface area (Å²) in [5, 5.41) is 7.78. The van der Waals surface area contributed by atoms with Crippen molar-refractivity contribution in [1.29, 1.82) is 0 Å². The summed E-state index contributed by atoms with van der Waals surface area (Å²) in [6.07, 6.45) is 2.72. The summed E-state index contributed by atoms with van der Waals surface area (Å²) in [7, 11) is 1.97. The zero-order valence-corrected chi connectivity index (χ0v) is 10.4. The van der Waals surface area contributed by atoms with Crippen LogP contribution in [0, 0.1) is 13.8 Å². The number of ether oxygens (including phenoxy) is 1. The molecule has 90 valence electrons. The van der Waals surface area contributed by atoms with E-state index in [1.807, 2.05) is 7.05 Å². The lowest BCUT2D eigenvalue weighted by molar-refractivity contribution is 0.0933. The van der Waals surface area contributed by atoms with E-state index in [0.29, 0.717) is 6.10 Å². The number of hydrogen-bond acceptors (Lipinski definition) is 3. The summed E-state index contributed by atoms with van der Waals surface area (Å²) in [6, 6.07) is 0. The zero-order chi connectivity index (χ0) is 11.5. The monoisotopic (exact) mass is 223 g/mol. The molecule has 1 aromatic rings. The molecule has 1 atom stereocenters. The number of rotatable bonds is 4. The van der Waals surface area contributed by atoms with Crippen molar-refractivity contribution < 1.29 is 4.74 Å². The molecule has 4 heteroatoms. The Bertz CT molecular complexity index is 353. The fourth-order valence-electron chi connectivity index (χ4n) is 2.33. The van der Waals surface area contributed by atoms with Crippen LogP contribution in [-0.2, 0) is 17.8 Å². The van der Waals surface area contributed by atoms with E-state index < -0.39 is 0 Å². The van der Waals surface area contributed by atoms with Gasteiger partial charge in [-0.15, -0.1) is 0 Å². The molecule has 2 rings (SSSR count). The number of nitrogens with zero attached hydrogens (tertiary/aromatic N) is 2. The van der Waals surface area contributed by atoms with E-state index in [1.165, 1.54) is 24.1 Å². The Morgan fingerprint density at radius 2 is 2.31 bits per heavy atom. The van der Waals surface area contributed by atoms with E-state index in [2.05, 4.69) is 28.9 Å². The molecule has 0 aliphatic carbocycles. The van der Waals surface area contributed by atoms with E-state index >= 15 is 0 Å². The lowest BCUT2D eigenvalue weighted by Crippen LogP contribution is -2.17. The maximum Gasteiger partial charge on any atom is 0.0771 e. The average molecular weight is 223 g/mol. The molecule has 16 heavy (non-hydrogen) atoms. The molecule has 4 nitrogen and oxygen atoms in total. The van der Waals surface area contributed by atoms with Gasteiger partial charge in [0.2, 0.25) is 0 Å². The third-order valence-corrected chi connectivity index (χ3v) is 3.29. The van der Waals surface area contributed by atoms with Crippen LogP contribution in [0.3, 0.4) is 0 Å². The highest BCUT2D eigenvalue weighted by Gasteiger charge is 2.19. The first-order valence-corrected chi connectivity index (χ1v) is 6.01. The second-order valence-corrected chi connectivity index (χ2v) is 4.50. The Labute approximate surface area is 97.0 Å². The summed E-state index contributed by atoms with van der Waals surface area (Å²) < 4.78 is 7.74. The van der Waals surface area contributed by atoms with Crippen molar-refractivity contribution >= 4 is 0 Å². The Morgan fingerprint density at radius 1 is 1.50 bits per heavy atom. The maximum atomic E-state index is 5.64. The third-order valence-electron chi connectivity index (χ3n) is 3.29. The predicted molar refractivity (Wildman–Crippen MR) is 63.4 cm³/mol. The molecule has 1 aromatic heterocycles. The van der Waals surface area contributed by atoms with Crippen molar-refractivity contribution in [3.8, 4) is 0 Å². The van der Waals surface area contributed by atoms with E-state index in [1.54, 1.807) is 0 Å². The van der Waals surface area contributed by atoms with Crippen LogP contribution in [-0.4, -0.2) is 29.5 Å². The maximum absolute atomic E-state index is 5.64. The first-order valence-electron chi connectivity index (χ1n) is 6.01. The van der Waals surface area contributed by atoms with Crippen molar-refractivity contribution in [3.05, 3.63) is 17.0 Å². The second kappa shape index (κ2) is 4.97. The molecule has 1 N–H and O–H groups in total. The normalized spacial score (nSPS) is 20.6. The number of nitrogens with one attached hydrogen (secondary N) is 1. The standard InChI is InChI=1S/C12H21N3O/c1-9-12(7-13-3)10(2)15(14-9)8-11-5-4-6-16-11/h11,13H,4-8H2,1-3H3. The van der Waals surface area contributed by atoms with Gasteiger partial charge in [0.05, 0.1) is 18.3 Å². The Balaban J connectivity index is 2.11. The van der Waals surface area contributed by atoms with Crippen molar-refractivity contribution in [2.75, 3.05) is 13.7 Å². The van der Waals surface area contributed by atoms with Gasteiger partial charge in [0.1, 0.15) is 0 Å². The van der Waals surface area contributed by atoms with Gasteiger partial charge in [0.15, 0.2) is 0 Å². The predicted octanol–water partition coefficient (Wildman–Crippen LogP) is 1.40. The molecule has 0 spiro atoms. The number of aromatic nitrogens is 2. The summed E-state index contributed by atoms with van der Waals surface area (Å²) in [5.74, 6) is 0. The lowest BCUT2D eigenvalue weighted by atomic mass is 10.2. The minimum atomic E-state index is 0.362. The molecule has 1 fully saturated rings. The highest BCUT2D eigenvalue weighted by atomic mass is 16.5. The molecule has 2 heterocycles. The van der Waals surface area contributed by atoms with Crippen LogP contribution in [0.15, 0.2) is 0 Å². The smallest absolute Gasteiger partial charge is 0.0771 e. The summed E-state index contributed by atoms with van der Waals surface area (Å²) in [4.78, 5) is 0. The van der Waals surface area contributed by atoms with Crippen molar-refractivity contribution in [3.63, 3.8) is 0 Å². The Kier molecular flexibility index (Phi) is 3.61. The summed E-state index contributed by atoms with van der Waals surface area (Å²) in [5.41, 5.74) is 3.72. The second-order valence-electron chi connectivity index (χ2n) is 4.50. The van der Waals surface area contributed by atoms with E-state index in [-0.39, 0.29) is 0 Å². The van der Waals surface area contributed by atoms with Gasteiger partial charge in [-0.1, -0.05) is 0 Å². The van der Waals surface area contributed by atoms with Gasteiger partial charge in [-0.2, -0.15) is 5.10 Å². The molecule has 1 unspecified atom stereocenters. The molecule has 0 radical (unpaired) electrons. The largest absolute Gasteiger partial charge is 0.376 e. The topological polar surface area (TPSA) is 39.1 Å². The highest BCUT2D eigenvalue weighted by molar-refractivity contribution is 5.24. The van der Waals surface area contributed by atoms with Crippen LogP contribution in [0.1, 0.15) is 29.8 Å². The minimum Gasteiger partial charge on any atom is -0.376 e. The summed E-state index contributed by atoms with van der Waals surface area (Å²) >= 11 is 0. The van der Waals surface area contributed by atoms with Crippen LogP contribution in [0.4, 0.5) is 0 Å². The van der Waals surface area contributed by atoms with E-state index in [9.17, 15) is 0 Å². The zero-order valence-electron chi connectivity index (χ0n) is 10.4. The van der Waals surface area contributed by atoms with Gasteiger partial charge in [-0.05, 0) is 33.7 Å². The summed E-state index contributed by atoms with van der Waals surface area (Å²) in [6.45, 7) is 6.92. The van der Waals surface area contributed by atoms with Gasteiger partial charge in [0.25, 0.3) is 0 Å². The van der Waals surface area contributed by atoms with E-state index in [4.69, 9.17) is 4.74 Å². The van der Waals surface area contributed by atoms with Crippen molar-refractivity contribution in [1.82, 2.24) is 15.1 Å². The first kappa shape index (κ1) is 11.6. The SMILES string of the molecule is CNCc1c(C)nn(CC2CCCO2)c1C. The first-order chi connectivity index (χ1) is 7.72. The molecule has 1 aliphatic rings. The van der Waals surface area contributed by atoms with E-state index in [0.717, 1.165) is 25.4 Å². The Morgan fingerprint density at radius 3 is 2.94 bits per heavy atom. The Hall–Kier alpha value is -0.870. The van der Waals surface area contributed by atoms with Crippen molar-refractivity contribution in [2.45, 2.75) is 45.9 Å². The van der Waals surface area contributed by atoms with Crippen LogP contribution in [0.2, 0.25) is 0 Å². The molecule has 0 aromatic carbocycles. The number of hydrogen-bond donors (Lipinski definition) is 1. The van der Waals surface area contributed by atoms with Gasteiger partial charge >= 0.3 is 0 Å². The van der Waals surface area contributed by atoms with Crippen LogP contribution in [0.25, 0.3) is 0 Å². The quantitative estimate of drug-likeness (QED) is 0.838. The lowest BCUT2D eigenvalue weighted by Gasteiger charge is -2.11. The van der Waals surface area contributed by atoms with Gasteiger partial charge in [-0.3, -0.25) is 4.68 Å². The van der Waals surface area contributed by atoms with Crippen molar-refractivity contribution in [2.24, 2.45) is 0 Å². The molecule has 0 amide bonds. The van der Waals surface area contributed by atoms with Gasteiger partial charge in [0, 0.05) is 24.4 Å². The molecule has 1 saturated heterocycles. The molecule has 0 saturated carbocycles. The van der Waals surface area contributed by atoms with Gasteiger partial charge < -0.3 is 10.1 Å². The molecule has 1 aliphatic heterocycles. The van der Waals surface area contributed by atoms with Crippen LogP contribution >= 0.6 is 0 Å². The van der Waals surface area contributed by atoms with Crippen LogP contribution in [0.5, 0.6) is 0 Å². The molecular formula is C12H21N3O. The third kappa shape index (κ3) is 2.28. The molecular weight excluding hydrogens is 202 g/mol. The molecule has 0 bridgehead atoms. The average Bonchev–Trinajstić information content (AvgIpc) is 2.84. The van der Waals surface area contributed by atoms with Gasteiger partial charge in [-0.25, -0.2) is 0 Å². The fraction of sp³-hybridized carbons (Fsp3) is 0.750. The highest BCUT2D eigenvalue weighted by Crippen LogP contribution is 2.18. The number of aryl methyl sites for hydroxylation is 1. The van der Waals surface area contributed by atoms with Crippen LogP contribution < -0.4 is 5.32 Å². The minimum absolute atomic E-state index is 0.362. The fourth-order valence-corrected chi connectivity index (χ4v) is 2.33.